The molecule has 0 radical (unpaired) electrons. The van der Waals surface area contributed by atoms with E-state index in [0.717, 1.165) is 4.88 Å². The van der Waals surface area contributed by atoms with Crippen LogP contribution in [0, 0.1) is 17.8 Å². The van der Waals surface area contributed by atoms with Crippen LogP contribution in [0.1, 0.15) is 4.88 Å². The molecule has 5 nitrogen and oxygen atoms in total. The van der Waals surface area contributed by atoms with Gasteiger partial charge in [-0.3, -0.25) is 9.59 Å². The third-order valence-corrected chi connectivity index (χ3v) is 5.30. The Labute approximate surface area is 133 Å². The van der Waals surface area contributed by atoms with E-state index < -0.39 is 0 Å². The van der Waals surface area contributed by atoms with Crippen molar-refractivity contribution in [3.63, 3.8) is 0 Å². The molecular weight excluding hydrogens is 300 g/mol. The molecule has 0 aliphatic carbocycles. The van der Waals surface area contributed by atoms with Crippen molar-refractivity contribution in [2.45, 2.75) is 0 Å². The second-order valence-corrected chi connectivity index (χ2v) is 6.75. The first-order chi connectivity index (χ1) is 10.7. The molecule has 0 spiro atoms. The summed E-state index contributed by atoms with van der Waals surface area (Å²) in [6.45, 7) is 2.40. The van der Waals surface area contributed by atoms with Crippen LogP contribution in [0.25, 0.3) is 6.08 Å². The number of ether oxygens (including phenoxy) is 1. The fraction of sp³-hybridized carbons (Fsp3) is 0.500. The Balaban J connectivity index is 1.65. The number of carbonyl (C=O) groups excluding carboxylic acids is 2. The molecule has 3 atom stereocenters. The predicted molar refractivity (Wildman–Crippen MR) is 85.3 cm³/mol. The molecule has 6 heteroatoms. The molecule has 3 heterocycles. The van der Waals surface area contributed by atoms with E-state index in [9.17, 15) is 9.59 Å². The Hall–Kier alpha value is -1.66. The van der Waals surface area contributed by atoms with E-state index in [1.54, 1.807) is 24.5 Å². The summed E-state index contributed by atoms with van der Waals surface area (Å²) in [5.74, 6) is 0.335. The molecule has 1 N–H and O–H groups in total. The number of rotatable bonds is 3. The van der Waals surface area contributed by atoms with Gasteiger partial charge < -0.3 is 15.0 Å². The molecular formula is C16H20N2O3S. The summed E-state index contributed by atoms with van der Waals surface area (Å²) in [5.41, 5.74) is 0. The van der Waals surface area contributed by atoms with Crippen LogP contribution in [0.15, 0.2) is 23.6 Å². The molecule has 1 aromatic heterocycles. The molecule has 1 aromatic rings. The highest BCUT2D eigenvalue weighted by molar-refractivity contribution is 7.10. The highest BCUT2D eigenvalue weighted by Gasteiger charge is 2.44. The zero-order valence-corrected chi connectivity index (χ0v) is 13.3. The Kier molecular flexibility index (Phi) is 4.59. The van der Waals surface area contributed by atoms with Crippen molar-refractivity contribution in [1.82, 2.24) is 10.2 Å². The van der Waals surface area contributed by atoms with Crippen molar-refractivity contribution in [3.8, 4) is 0 Å². The van der Waals surface area contributed by atoms with Crippen molar-refractivity contribution in [3.05, 3.63) is 28.5 Å². The summed E-state index contributed by atoms with van der Waals surface area (Å²) in [6.07, 6.45) is 3.47. The van der Waals surface area contributed by atoms with Gasteiger partial charge in [-0.15, -0.1) is 11.3 Å². The molecule has 0 aromatic carbocycles. The van der Waals surface area contributed by atoms with Crippen LogP contribution in [-0.2, 0) is 14.3 Å². The van der Waals surface area contributed by atoms with E-state index in [4.69, 9.17) is 4.74 Å². The number of likely N-dealkylation sites (tertiary alicyclic amines) is 1. The number of nitrogens with zero attached hydrogens (tertiary/aromatic N) is 1. The first kappa shape index (κ1) is 15.2. The van der Waals surface area contributed by atoms with E-state index in [1.165, 1.54) is 0 Å². The Morgan fingerprint density at radius 2 is 2.27 bits per heavy atom. The topological polar surface area (TPSA) is 58.6 Å². The first-order valence-corrected chi connectivity index (χ1v) is 8.37. The molecule has 22 heavy (non-hydrogen) atoms. The minimum atomic E-state index is -0.150. The second-order valence-electron chi connectivity index (χ2n) is 5.77. The summed E-state index contributed by atoms with van der Waals surface area (Å²) >= 11 is 1.60. The minimum Gasteiger partial charge on any atom is -0.380 e. The quantitative estimate of drug-likeness (QED) is 0.852. The van der Waals surface area contributed by atoms with Gasteiger partial charge in [0.25, 0.3) is 0 Å². The highest BCUT2D eigenvalue weighted by Crippen LogP contribution is 2.34. The van der Waals surface area contributed by atoms with Gasteiger partial charge in [-0.2, -0.15) is 0 Å². The average Bonchev–Trinajstić information content (AvgIpc) is 3.20. The molecule has 0 unspecified atom stereocenters. The molecule has 3 rings (SSSR count). The van der Waals surface area contributed by atoms with E-state index in [0.29, 0.717) is 26.3 Å². The SMILES string of the molecule is CNC(=O)[C@@H]1COC[C@@H]2CN(C(=O)/C=C/c3cccs3)C[C@@H]21. The third kappa shape index (κ3) is 3.08. The van der Waals surface area contributed by atoms with E-state index in [-0.39, 0.29) is 29.6 Å². The second kappa shape index (κ2) is 6.62. The van der Waals surface area contributed by atoms with Gasteiger partial charge in [-0.05, 0) is 23.4 Å². The summed E-state index contributed by atoms with van der Waals surface area (Å²) in [4.78, 5) is 27.2. The van der Waals surface area contributed by atoms with Crippen LogP contribution in [0.5, 0.6) is 0 Å². The summed E-state index contributed by atoms with van der Waals surface area (Å²) in [6, 6.07) is 3.94. The van der Waals surface area contributed by atoms with Crippen LogP contribution < -0.4 is 5.32 Å². The fourth-order valence-corrected chi connectivity index (χ4v) is 3.90. The van der Waals surface area contributed by atoms with Crippen molar-refractivity contribution in [1.29, 1.82) is 0 Å². The fourth-order valence-electron chi connectivity index (χ4n) is 3.28. The highest BCUT2D eigenvalue weighted by atomic mass is 32.1. The third-order valence-electron chi connectivity index (χ3n) is 4.47. The molecule has 2 amide bonds. The maximum Gasteiger partial charge on any atom is 0.246 e. The van der Waals surface area contributed by atoms with Gasteiger partial charge in [0.1, 0.15) is 0 Å². The number of nitrogens with one attached hydrogen (secondary N) is 1. The van der Waals surface area contributed by atoms with E-state index in [2.05, 4.69) is 5.32 Å². The van der Waals surface area contributed by atoms with Gasteiger partial charge in [0, 0.05) is 37.0 Å². The zero-order chi connectivity index (χ0) is 15.5. The van der Waals surface area contributed by atoms with Crippen LogP contribution in [0.4, 0.5) is 0 Å². The number of fused-ring (bicyclic) bond motifs is 1. The molecule has 2 fully saturated rings. The van der Waals surface area contributed by atoms with Crippen molar-refractivity contribution < 1.29 is 14.3 Å². The largest absolute Gasteiger partial charge is 0.380 e. The molecule has 0 saturated carbocycles. The molecule has 2 aliphatic rings. The Morgan fingerprint density at radius 3 is 3.00 bits per heavy atom. The lowest BCUT2D eigenvalue weighted by atomic mass is 9.82. The Bertz CT molecular complexity index is 570. The minimum absolute atomic E-state index is 0.0122. The van der Waals surface area contributed by atoms with Gasteiger partial charge in [0.2, 0.25) is 11.8 Å². The maximum atomic E-state index is 12.3. The normalized spacial score (nSPS) is 27.9. The van der Waals surface area contributed by atoms with Crippen molar-refractivity contribution in [2.24, 2.45) is 17.8 Å². The van der Waals surface area contributed by atoms with Crippen LogP contribution in [0.2, 0.25) is 0 Å². The van der Waals surface area contributed by atoms with E-state index in [1.807, 2.05) is 28.5 Å². The number of hydrogen-bond donors (Lipinski definition) is 1. The lowest BCUT2D eigenvalue weighted by Gasteiger charge is -2.31. The molecule has 2 saturated heterocycles. The van der Waals surface area contributed by atoms with Gasteiger partial charge in [-0.1, -0.05) is 6.07 Å². The standard InChI is InChI=1S/C16H20N2O3S/c1-17-16(20)14-10-21-9-11-7-18(8-13(11)14)15(19)5-4-12-3-2-6-22-12/h2-6,11,13-14H,7-10H2,1H3,(H,17,20)/b5-4+/t11-,13-,14+/m0/s1. The Morgan fingerprint density at radius 1 is 1.41 bits per heavy atom. The van der Waals surface area contributed by atoms with Crippen LogP contribution >= 0.6 is 11.3 Å². The lowest BCUT2D eigenvalue weighted by molar-refractivity contribution is -0.133. The summed E-state index contributed by atoms with van der Waals surface area (Å²) in [5, 5.41) is 4.69. The smallest absolute Gasteiger partial charge is 0.246 e. The van der Waals surface area contributed by atoms with Gasteiger partial charge >= 0.3 is 0 Å². The van der Waals surface area contributed by atoms with Crippen molar-refractivity contribution in [2.75, 3.05) is 33.4 Å². The van der Waals surface area contributed by atoms with Crippen LogP contribution in [-0.4, -0.2) is 50.1 Å². The number of amides is 2. The average molecular weight is 320 g/mol. The number of hydrogen-bond acceptors (Lipinski definition) is 4. The monoisotopic (exact) mass is 320 g/mol. The van der Waals surface area contributed by atoms with Gasteiger partial charge in [-0.25, -0.2) is 0 Å². The summed E-state index contributed by atoms with van der Waals surface area (Å²) in [7, 11) is 1.65. The predicted octanol–water partition coefficient (Wildman–Crippen LogP) is 1.23. The maximum absolute atomic E-state index is 12.3. The number of carbonyl (C=O) groups is 2. The van der Waals surface area contributed by atoms with Gasteiger partial charge in [0.05, 0.1) is 19.1 Å². The molecule has 0 bridgehead atoms. The number of thiophene rings is 1. The lowest BCUT2D eigenvalue weighted by Crippen LogP contribution is -2.43. The van der Waals surface area contributed by atoms with Gasteiger partial charge in [0.15, 0.2) is 0 Å². The molecule has 2 aliphatic heterocycles. The van der Waals surface area contributed by atoms with Crippen molar-refractivity contribution >= 4 is 29.2 Å². The van der Waals surface area contributed by atoms with Crippen LogP contribution in [0.3, 0.4) is 0 Å². The summed E-state index contributed by atoms with van der Waals surface area (Å²) < 4.78 is 5.55. The molecule has 118 valence electrons. The zero-order valence-electron chi connectivity index (χ0n) is 12.5. The first-order valence-electron chi connectivity index (χ1n) is 7.49. The van der Waals surface area contributed by atoms with E-state index >= 15 is 0 Å².